The van der Waals surface area contributed by atoms with E-state index in [0.29, 0.717) is 23.0 Å². The Balaban J connectivity index is 1.84. The van der Waals surface area contributed by atoms with Crippen LogP contribution >= 0.6 is 0 Å². The van der Waals surface area contributed by atoms with Gasteiger partial charge in [-0.05, 0) is 45.1 Å². The molecule has 0 aromatic heterocycles. The molecule has 1 saturated heterocycles. The Morgan fingerprint density at radius 1 is 1.29 bits per heavy atom. The van der Waals surface area contributed by atoms with Gasteiger partial charge in [-0.15, -0.1) is 0 Å². The van der Waals surface area contributed by atoms with E-state index in [9.17, 15) is 8.42 Å². The summed E-state index contributed by atoms with van der Waals surface area (Å²) >= 11 is 0. The molecular formula is C10H19NO2S. The second-order valence-electron chi connectivity index (χ2n) is 4.83. The highest BCUT2D eigenvalue weighted by atomic mass is 32.2. The van der Waals surface area contributed by atoms with Gasteiger partial charge in [-0.2, -0.15) is 0 Å². The van der Waals surface area contributed by atoms with Crippen LogP contribution in [-0.4, -0.2) is 32.5 Å². The lowest BCUT2D eigenvalue weighted by Gasteiger charge is -2.26. The highest BCUT2D eigenvalue weighted by Crippen LogP contribution is 2.42. The Labute approximate surface area is 86.2 Å². The lowest BCUT2D eigenvalue weighted by molar-refractivity contribution is 0.358. The lowest BCUT2D eigenvalue weighted by Crippen LogP contribution is -2.33. The molecule has 0 aromatic carbocycles. The molecule has 0 amide bonds. The Kier molecular flexibility index (Phi) is 2.60. The summed E-state index contributed by atoms with van der Waals surface area (Å²) in [5.41, 5.74) is 0.381. The molecule has 0 atom stereocenters. The van der Waals surface area contributed by atoms with Crippen molar-refractivity contribution in [1.29, 1.82) is 0 Å². The van der Waals surface area contributed by atoms with Crippen LogP contribution in [0.25, 0.3) is 0 Å². The van der Waals surface area contributed by atoms with Gasteiger partial charge in [0.1, 0.15) is 9.84 Å². The summed E-state index contributed by atoms with van der Waals surface area (Å²) < 4.78 is 22.5. The van der Waals surface area contributed by atoms with Crippen molar-refractivity contribution in [2.45, 2.75) is 37.6 Å². The molecule has 1 aliphatic carbocycles. The van der Waals surface area contributed by atoms with Gasteiger partial charge in [0, 0.05) is 5.54 Å². The summed E-state index contributed by atoms with van der Waals surface area (Å²) in [5.74, 6) is 1.46. The van der Waals surface area contributed by atoms with Gasteiger partial charge >= 0.3 is 0 Å². The van der Waals surface area contributed by atoms with E-state index in [1.807, 2.05) is 7.05 Å². The Morgan fingerprint density at radius 2 is 1.86 bits per heavy atom. The number of hydrogen-bond acceptors (Lipinski definition) is 3. The van der Waals surface area contributed by atoms with Gasteiger partial charge in [0.2, 0.25) is 0 Å². The molecule has 4 heteroatoms. The molecule has 0 radical (unpaired) electrons. The smallest absolute Gasteiger partial charge is 0.150 e. The molecule has 2 rings (SSSR count). The van der Waals surface area contributed by atoms with Gasteiger partial charge in [0.05, 0.1) is 11.5 Å². The van der Waals surface area contributed by atoms with Crippen molar-refractivity contribution in [1.82, 2.24) is 5.32 Å². The van der Waals surface area contributed by atoms with Crippen molar-refractivity contribution >= 4 is 9.84 Å². The highest BCUT2D eigenvalue weighted by Gasteiger charge is 2.43. The molecule has 2 aliphatic rings. The van der Waals surface area contributed by atoms with Crippen LogP contribution < -0.4 is 5.32 Å². The molecule has 14 heavy (non-hydrogen) atoms. The first-order chi connectivity index (χ1) is 6.55. The first kappa shape index (κ1) is 10.4. The van der Waals surface area contributed by atoms with Crippen LogP contribution in [0.3, 0.4) is 0 Å². The van der Waals surface area contributed by atoms with E-state index in [2.05, 4.69) is 5.32 Å². The normalized spacial score (nSPS) is 30.1. The quantitative estimate of drug-likeness (QED) is 0.765. The van der Waals surface area contributed by atoms with Crippen molar-refractivity contribution in [2.75, 3.05) is 18.6 Å². The van der Waals surface area contributed by atoms with Crippen LogP contribution in [0.5, 0.6) is 0 Å². The van der Waals surface area contributed by atoms with Gasteiger partial charge in [0.15, 0.2) is 0 Å². The summed E-state index contributed by atoms with van der Waals surface area (Å²) in [5, 5.41) is 3.37. The summed E-state index contributed by atoms with van der Waals surface area (Å²) in [6, 6.07) is 0. The molecule has 1 N–H and O–H groups in total. The maximum atomic E-state index is 11.2. The van der Waals surface area contributed by atoms with Crippen LogP contribution in [0, 0.1) is 5.92 Å². The van der Waals surface area contributed by atoms with Gasteiger partial charge in [0.25, 0.3) is 0 Å². The number of sulfone groups is 1. The van der Waals surface area contributed by atoms with Crippen molar-refractivity contribution in [3.63, 3.8) is 0 Å². The van der Waals surface area contributed by atoms with E-state index in [1.165, 1.54) is 19.3 Å². The first-order valence-corrected chi connectivity index (χ1v) is 7.27. The van der Waals surface area contributed by atoms with Crippen molar-refractivity contribution in [2.24, 2.45) is 5.92 Å². The zero-order valence-corrected chi connectivity index (χ0v) is 9.57. The van der Waals surface area contributed by atoms with Crippen molar-refractivity contribution < 1.29 is 8.42 Å². The first-order valence-electron chi connectivity index (χ1n) is 5.45. The molecular weight excluding hydrogens is 198 g/mol. The maximum Gasteiger partial charge on any atom is 0.150 e. The molecule has 0 unspecified atom stereocenters. The van der Waals surface area contributed by atoms with Gasteiger partial charge < -0.3 is 5.32 Å². The summed E-state index contributed by atoms with van der Waals surface area (Å²) in [4.78, 5) is 0. The molecule has 0 spiro atoms. The van der Waals surface area contributed by atoms with Crippen LogP contribution in [-0.2, 0) is 9.84 Å². The Morgan fingerprint density at radius 3 is 2.29 bits per heavy atom. The second-order valence-corrected chi connectivity index (χ2v) is 7.13. The summed E-state index contributed by atoms with van der Waals surface area (Å²) in [6.45, 7) is 0. The van der Waals surface area contributed by atoms with E-state index >= 15 is 0 Å². The fourth-order valence-corrected chi connectivity index (χ4v) is 3.99. The number of hydrogen-bond donors (Lipinski definition) is 1. The van der Waals surface area contributed by atoms with Crippen LogP contribution in [0.15, 0.2) is 0 Å². The monoisotopic (exact) mass is 217 g/mol. The van der Waals surface area contributed by atoms with E-state index < -0.39 is 9.84 Å². The molecule has 82 valence electrons. The third kappa shape index (κ3) is 2.28. The van der Waals surface area contributed by atoms with Crippen LogP contribution in [0.2, 0.25) is 0 Å². The minimum Gasteiger partial charge on any atom is -0.314 e. The average Bonchev–Trinajstić information content (AvgIpc) is 2.90. The maximum absolute atomic E-state index is 11.2. The van der Waals surface area contributed by atoms with Crippen LogP contribution in [0.1, 0.15) is 32.1 Å². The third-order valence-electron chi connectivity index (χ3n) is 3.74. The highest BCUT2D eigenvalue weighted by molar-refractivity contribution is 7.91. The topological polar surface area (TPSA) is 46.2 Å². The zero-order valence-electron chi connectivity index (χ0n) is 8.75. The summed E-state index contributed by atoms with van der Waals surface area (Å²) in [6.07, 6.45) is 5.48. The van der Waals surface area contributed by atoms with Crippen molar-refractivity contribution in [3.8, 4) is 0 Å². The second kappa shape index (κ2) is 3.49. The van der Waals surface area contributed by atoms with Crippen molar-refractivity contribution in [3.05, 3.63) is 0 Å². The predicted octanol–water partition coefficient (Wildman–Crippen LogP) is 0.953. The van der Waals surface area contributed by atoms with Gasteiger partial charge in [-0.25, -0.2) is 8.42 Å². The lowest BCUT2D eigenvalue weighted by atomic mass is 9.93. The Bertz CT molecular complexity index is 292. The molecule has 3 nitrogen and oxygen atoms in total. The molecule has 1 aliphatic heterocycles. The third-order valence-corrected chi connectivity index (χ3v) is 5.45. The number of nitrogens with one attached hydrogen (secondary N) is 1. The minimum absolute atomic E-state index is 0.381. The zero-order chi connectivity index (χ0) is 10.2. The summed E-state index contributed by atoms with van der Waals surface area (Å²) in [7, 11) is -0.658. The SMILES string of the molecule is CNC1(CC2CCS(=O)(=O)CC2)CC1. The number of rotatable bonds is 3. The van der Waals surface area contributed by atoms with Gasteiger partial charge in [-0.1, -0.05) is 0 Å². The molecule has 2 fully saturated rings. The minimum atomic E-state index is -2.68. The molecule has 0 bridgehead atoms. The largest absolute Gasteiger partial charge is 0.314 e. The van der Waals surface area contributed by atoms with E-state index in [1.54, 1.807) is 0 Å². The fraction of sp³-hybridized carbons (Fsp3) is 1.00. The average molecular weight is 217 g/mol. The van der Waals surface area contributed by atoms with Crippen LogP contribution in [0.4, 0.5) is 0 Å². The van der Waals surface area contributed by atoms with E-state index in [-0.39, 0.29) is 0 Å². The van der Waals surface area contributed by atoms with E-state index in [0.717, 1.165) is 12.8 Å². The molecule has 1 heterocycles. The van der Waals surface area contributed by atoms with E-state index in [4.69, 9.17) is 0 Å². The fourth-order valence-electron chi connectivity index (χ4n) is 2.40. The predicted molar refractivity (Wildman–Crippen MR) is 57.0 cm³/mol. The standard InChI is InChI=1S/C10H19NO2S/c1-11-10(4-5-10)8-9-2-6-14(12,13)7-3-9/h9,11H,2-8H2,1H3. The molecule has 1 saturated carbocycles. The van der Waals surface area contributed by atoms with Gasteiger partial charge in [-0.3, -0.25) is 0 Å². The Hall–Kier alpha value is -0.0900. The molecule has 0 aromatic rings.